The van der Waals surface area contributed by atoms with Crippen LogP contribution in [0.3, 0.4) is 0 Å². The molecule has 0 saturated heterocycles. The van der Waals surface area contributed by atoms with E-state index >= 15 is 0 Å². The Kier molecular flexibility index (Phi) is 4.88. The number of imidazole rings is 1. The fraction of sp³-hybridized carbons (Fsp3) is 0.312. The molecule has 0 bridgehead atoms. The molecule has 0 atom stereocenters. The second kappa shape index (κ2) is 7.24. The van der Waals surface area contributed by atoms with E-state index in [9.17, 15) is 5.11 Å². The van der Waals surface area contributed by atoms with Gasteiger partial charge in [-0.15, -0.1) is 0 Å². The molecule has 0 spiro atoms. The molecule has 2 heterocycles. The Balaban J connectivity index is 2.06. The number of nitrogens with two attached hydrogens (primary N) is 1. The lowest BCUT2D eigenvalue weighted by molar-refractivity contribution is 0.141. The second-order valence-corrected chi connectivity index (χ2v) is 5.12. The third-order valence-electron chi connectivity index (χ3n) is 3.55. The van der Waals surface area contributed by atoms with Crippen molar-refractivity contribution < 1.29 is 14.6 Å². The quantitative estimate of drug-likeness (QED) is 0.621. The van der Waals surface area contributed by atoms with Gasteiger partial charge in [-0.2, -0.15) is 9.97 Å². The summed E-state index contributed by atoms with van der Waals surface area (Å²) in [6.07, 6.45) is 2.18. The number of aromatic nitrogens is 4. The number of fused-ring (bicyclic) bond motifs is 1. The number of anilines is 1. The van der Waals surface area contributed by atoms with Gasteiger partial charge in [-0.3, -0.25) is 4.57 Å². The highest BCUT2D eigenvalue weighted by molar-refractivity contribution is 5.83. The summed E-state index contributed by atoms with van der Waals surface area (Å²) in [4.78, 5) is 12.8. The van der Waals surface area contributed by atoms with Crippen molar-refractivity contribution in [2.45, 2.75) is 6.42 Å². The highest BCUT2D eigenvalue weighted by Crippen LogP contribution is 2.24. The van der Waals surface area contributed by atoms with Gasteiger partial charge in [0, 0.05) is 13.7 Å². The molecule has 8 nitrogen and oxygen atoms in total. The van der Waals surface area contributed by atoms with Crippen LogP contribution >= 0.6 is 0 Å². The van der Waals surface area contributed by atoms with E-state index in [1.165, 1.54) is 0 Å². The predicted octanol–water partition coefficient (Wildman–Crippen LogP) is 0.958. The lowest BCUT2D eigenvalue weighted by Crippen LogP contribution is -2.09. The molecule has 0 aliphatic carbocycles. The lowest BCUT2D eigenvalue weighted by atomic mass is 10.1. The summed E-state index contributed by atoms with van der Waals surface area (Å²) in [7, 11) is 1.59. The van der Waals surface area contributed by atoms with Crippen LogP contribution in [-0.2, 0) is 11.2 Å². The van der Waals surface area contributed by atoms with Gasteiger partial charge in [0.1, 0.15) is 12.9 Å². The number of aliphatic hydroxyl groups excluding tert-OH is 1. The van der Waals surface area contributed by atoms with Crippen LogP contribution in [0.5, 0.6) is 6.01 Å². The van der Waals surface area contributed by atoms with Crippen LogP contribution in [-0.4, -0.2) is 51.6 Å². The molecule has 24 heavy (non-hydrogen) atoms. The van der Waals surface area contributed by atoms with Crippen molar-refractivity contribution in [3.8, 4) is 11.7 Å². The molecule has 0 aliphatic heterocycles. The number of para-hydroxylation sites is 1. The topological polar surface area (TPSA) is 108 Å². The molecule has 0 unspecified atom stereocenters. The van der Waals surface area contributed by atoms with Gasteiger partial charge in [0.25, 0.3) is 0 Å². The number of aliphatic hydroxyl groups is 1. The van der Waals surface area contributed by atoms with Gasteiger partial charge in [-0.05, 0) is 18.1 Å². The molecule has 3 aromatic rings. The van der Waals surface area contributed by atoms with E-state index in [0.717, 1.165) is 11.3 Å². The Labute approximate surface area is 138 Å². The zero-order valence-electron chi connectivity index (χ0n) is 13.3. The second-order valence-electron chi connectivity index (χ2n) is 5.12. The van der Waals surface area contributed by atoms with E-state index in [-0.39, 0.29) is 18.4 Å². The first-order valence-corrected chi connectivity index (χ1v) is 7.56. The zero-order chi connectivity index (χ0) is 16.9. The van der Waals surface area contributed by atoms with Gasteiger partial charge in [0.15, 0.2) is 17.0 Å². The molecule has 2 aromatic heterocycles. The Morgan fingerprint density at radius 1 is 1.21 bits per heavy atom. The Morgan fingerprint density at radius 2 is 2.04 bits per heavy atom. The van der Waals surface area contributed by atoms with Crippen molar-refractivity contribution in [2.24, 2.45) is 0 Å². The fourth-order valence-electron chi connectivity index (χ4n) is 2.44. The highest BCUT2D eigenvalue weighted by atomic mass is 16.5. The van der Waals surface area contributed by atoms with Gasteiger partial charge in [0.2, 0.25) is 0 Å². The fourth-order valence-corrected chi connectivity index (χ4v) is 2.44. The monoisotopic (exact) mass is 329 g/mol. The van der Waals surface area contributed by atoms with E-state index in [0.29, 0.717) is 30.8 Å². The number of hydrogen-bond acceptors (Lipinski definition) is 7. The Hall–Kier alpha value is -2.71. The number of benzene rings is 1. The number of nitrogens with zero attached hydrogens (tertiary/aromatic N) is 4. The maximum atomic E-state index is 9.26. The van der Waals surface area contributed by atoms with Gasteiger partial charge in [-0.1, -0.05) is 18.2 Å². The molecule has 0 saturated carbocycles. The van der Waals surface area contributed by atoms with Crippen LogP contribution < -0.4 is 10.5 Å². The van der Waals surface area contributed by atoms with Crippen LogP contribution in [0.25, 0.3) is 16.9 Å². The van der Waals surface area contributed by atoms with Gasteiger partial charge in [0.05, 0.1) is 12.3 Å². The number of ether oxygens (including phenoxy) is 2. The number of nitrogen functional groups attached to an aromatic ring is 1. The third kappa shape index (κ3) is 3.15. The molecule has 0 radical (unpaired) electrons. The molecule has 0 amide bonds. The summed E-state index contributed by atoms with van der Waals surface area (Å²) in [6, 6.07) is 7.92. The summed E-state index contributed by atoms with van der Waals surface area (Å²) in [5, 5.41) is 9.26. The van der Waals surface area contributed by atoms with Crippen molar-refractivity contribution in [3.63, 3.8) is 0 Å². The van der Waals surface area contributed by atoms with E-state index in [1.54, 1.807) is 13.4 Å². The molecule has 3 N–H and O–H groups in total. The summed E-state index contributed by atoms with van der Waals surface area (Å²) in [6.45, 7) is 0.822. The number of hydrogen-bond donors (Lipinski definition) is 2. The van der Waals surface area contributed by atoms with Crippen molar-refractivity contribution in [1.82, 2.24) is 19.5 Å². The number of rotatable bonds is 7. The van der Waals surface area contributed by atoms with Crippen LogP contribution in [0.2, 0.25) is 0 Å². The average molecular weight is 329 g/mol. The first-order chi connectivity index (χ1) is 11.7. The molecule has 0 fully saturated rings. The summed E-state index contributed by atoms with van der Waals surface area (Å²) in [5.41, 5.74) is 8.90. The molecule has 8 heteroatoms. The standard InChI is InChI=1S/C16H19N5O3/c1-23-8-9-24-16-19-14(17)13-15(20-16)21(10-18-13)12-5-3-2-4-11(12)6-7-22/h2-5,10,22H,6-9H2,1H3,(H2,17,19,20). The minimum Gasteiger partial charge on any atom is -0.461 e. The largest absolute Gasteiger partial charge is 0.461 e. The van der Waals surface area contributed by atoms with E-state index in [2.05, 4.69) is 15.0 Å². The van der Waals surface area contributed by atoms with Crippen molar-refractivity contribution in [1.29, 1.82) is 0 Å². The van der Waals surface area contributed by atoms with Gasteiger partial charge in [-0.25, -0.2) is 4.98 Å². The normalized spacial score (nSPS) is 11.1. The predicted molar refractivity (Wildman–Crippen MR) is 89.2 cm³/mol. The van der Waals surface area contributed by atoms with Crippen LogP contribution in [0.15, 0.2) is 30.6 Å². The number of methoxy groups -OCH3 is 1. The minimum atomic E-state index is 0.0617. The molecule has 0 aliphatic rings. The van der Waals surface area contributed by atoms with Crippen LogP contribution in [0, 0.1) is 0 Å². The van der Waals surface area contributed by atoms with E-state index in [1.807, 2.05) is 28.8 Å². The summed E-state index contributed by atoms with van der Waals surface area (Å²) >= 11 is 0. The SMILES string of the molecule is COCCOc1nc(N)c2ncn(-c3ccccc3CCO)c2n1. The zero-order valence-corrected chi connectivity index (χ0v) is 13.3. The molecular weight excluding hydrogens is 310 g/mol. The lowest BCUT2D eigenvalue weighted by Gasteiger charge is -2.10. The highest BCUT2D eigenvalue weighted by Gasteiger charge is 2.14. The van der Waals surface area contributed by atoms with Gasteiger partial charge >= 0.3 is 6.01 Å². The maximum Gasteiger partial charge on any atom is 0.320 e. The average Bonchev–Trinajstić information content (AvgIpc) is 3.00. The van der Waals surface area contributed by atoms with E-state index < -0.39 is 0 Å². The third-order valence-corrected chi connectivity index (χ3v) is 3.55. The summed E-state index contributed by atoms with van der Waals surface area (Å²) in [5.74, 6) is 0.255. The van der Waals surface area contributed by atoms with E-state index in [4.69, 9.17) is 15.2 Å². The van der Waals surface area contributed by atoms with Crippen molar-refractivity contribution in [3.05, 3.63) is 36.2 Å². The van der Waals surface area contributed by atoms with Crippen LogP contribution in [0.1, 0.15) is 5.56 Å². The first kappa shape index (κ1) is 16.2. The molecule has 3 rings (SSSR count). The van der Waals surface area contributed by atoms with Gasteiger partial charge < -0.3 is 20.3 Å². The Bertz CT molecular complexity index is 834. The summed E-state index contributed by atoms with van der Waals surface area (Å²) < 4.78 is 12.2. The van der Waals surface area contributed by atoms with Crippen molar-refractivity contribution in [2.75, 3.05) is 32.7 Å². The maximum absolute atomic E-state index is 9.26. The molecule has 1 aromatic carbocycles. The Morgan fingerprint density at radius 3 is 2.83 bits per heavy atom. The van der Waals surface area contributed by atoms with Crippen LogP contribution in [0.4, 0.5) is 5.82 Å². The van der Waals surface area contributed by atoms with Crippen molar-refractivity contribution >= 4 is 17.0 Å². The molecular formula is C16H19N5O3. The minimum absolute atomic E-state index is 0.0617. The molecule has 126 valence electrons. The smallest absolute Gasteiger partial charge is 0.320 e. The first-order valence-electron chi connectivity index (χ1n) is 7.56.